The first-order chi connectivity index (χ1) is 8.17. The summed E-state index contributed by atoms with van der Waals surface area (Å²) in [5, 5.41) is 3.38. The van der Waals surface area contributed by atoms with Crippen molar-refractivity contribution in [2.75, 3.05) is 26.2 Å². The third-order valence-electron chi connectivity index (χ3n) is 4.61. The van der Waals surface area contributed by atoms with Crippen LogP contribution in [0.2, 0.25) is 0 Å². The number of nitrogens with zero attached hydrogens (tertiary/aromatic N) is 1. The number of hydrogen-bond acceptors (Lipinski definition) is 2. The molecule has 1 unspecified atom stereocenters. The van der Waals surface area contributed by atoms with E-state index < -0.39 is 0 Å². The van der Waals surface area contributed by atoms with Gasteiger partial charge in [0.15, 0.2) is 0 Å². The van der Waals surface area contributed by atoms with Gasteiger partial charge in [0.25, 0.3) is 0 Å². The average Bonchev–Trinajstić information content (AvgIpc) is 2.66. The molecule has 1 amide bonds. The van der Waals surface area contributed by atoms with Crippen molar-refractivity contribution in [3.63, 3.8) is 0 Å². The second-order valence-corrected chi connectivity index (χ2v) is 5.94. The molecule has 2 rings (SSSR count). The van der Waals surface area contributed by atoms with Crippen LogP contribution in [0.5, 0.6) is 0 Å². The van der Waals surface area contributed by atoms with E-state index in [0.29, 0.717) is 11.8 Å². The predicted molar refractivity (Wildman–Crippen MR) is 69.8 cm³/mol. The topological polar surface area (TPSA) is 32.3 Å². The lowest BCUT2D eigenvalue weighted by atomic mass is 9.75. The van der Waals surface area contributed by atoms with Crippen molar-refractivity contribution in [1.29, 1.82) is 0 Å². The highest BCUT2D eigenvalue weighted by molar-refractivity contribution is 5.83. The highest BCUT2D eigenvalue weighted by Gasteiger charge is 2.45. The molecule has 0 aromatic rings. The maximum atomic E-state index is 12.8. The van der Waals surface area contributed by atoms with Crippen LogP contribution in [0, 0.1) is 11.3 Å². The molecule has 0 saturated carbocycles. The second kappa shape index (κ2) is 5.38. The molecule has 1 atom stereocenters. The third-order valence-corrected chi connectivity index (χ3v) is 4.61. The molecule has 17 heavy (non-hydrogen) atoms. The molecule has 0 aliphatic carbocycles. The Labute approximate surface area is 105 Å². The number of amides is 1. The predicted octanol–water partition coefficient (Wildman–Crippen LogP) is 2.02. The van der Waals surface area contributed by atoms with Crippen LogP contribution in [0.4, 0.5) is 0 Å². The van der Waals surface area contributed by atoms with Gasteiger partial charge in [-0.05, 0) is 31.7 Å². The Bertz CT molecular complexity index is 261. The molecule has 0 radical (unpaired) electrons. The Balaban J connectivity index is 2.10. The fourth-order valence-corrected chi connectivity index (χ4v) is 3.22. The molecule has 2 heterocycles. The number of carbonyl (C=O) groups is 1. The molecule has 2 saturated heterocycles. The lowest BCUT2D eigenvalue weighted by Crippen LogP contribution is -2.48. The Morgan fingerprint density at radius 3 is 2.29 bits per heavy atom. The van der Waals surface area contributed by atoms with Crippen molar-refractivity contribution in [2.45, 2.75) is 46.0 Å². The molecule has 98 valence electrons. The van der Waals surface area contributed by atoms with Gasteiger partial charge in [-0.2, -0.15) is 0 Å². The number of likely N-dealkylation sites (tertiary alicyclic amines) is 1. The molecule has 0 aromatic carbocycles. The summed E-state index contributed by atoms with van der Waals surface area (Å²) in [5.74, 6) is 0.854. The van der Waals surface area contributed by atoms with Crippen LogP contribution in [0.3, 0.4) is 0 Å². The third kappa shape index (κ3) is 2.49. The van der Waals surface area contributed by atoms with E-state index in [-0.39, 0.29) is 5.41 Å². The van der Waals surface area contributed by atoms with Gasteiger partial charge in [0.1, 0.15) is 0 Å². The van der Waals surface area contributed by atoms with Gasteiger partial charge in [-0.25, -0.2) is 0 Å². The molecule has 0 bridgehead atoms. The van der Waals surface area contributed by atoms with Gasteiger partial charge in [0, 0.05) is 19.6 Å². The summed E-state index contributed by atoms with van der Waals surface area (Å²) < 4.78 is 0. The van der Waals surface area contributed by atoms with Gasteiger partial charge >= 0.3 is 0 Å². The highest BCUT2D eigenvalue weighted by atomic mass is 16.2. The van der Waals surface area contributed by atoms with E-state index in [1.165, 1.54) is 25.7 Å². The maximum Gasteiger partial charge on any atom is 0.230 e. The summed E-state index contributed by atoms with van der Waals surface area (Å²) in [4.78, 5) is 14.9. The van der Waals surface area contributed by atoms with Gasteiger partial charge in [-0.3, -0.25) is 4.79 Å². The van der Waals surface area contributed by atoms with Gasteiger partial charge in [-0.15, -0.1) is 0 Å². The van der Waals surface area contributed by atoms with E-state index >= 15 is 0 Å². The largest absolute Gasteiger partial charge is 0.342 e. The summed E-state index contributed by atoms with van der Waals surface area (Å²) in [6.07, 6.45) is 5.97. The van der Waals surface area contributed by atoms with Crippen LogP contribution in [0.15, 0.2) is 0 Å². The van der Waals surface area contributed by atoms with Crippen LogP contribution >= 0.6 is 0 Å². The van der Waals surface area contributed by atoms with Crippen molar-refractivity contribution >= 4 is 5.91 Å². The molecule has 0 spiro atoms. The van der Waals surface area contributed by atoms with Crippen LogP contribution in [0.1, 0.15) is 46.0 Å². The average molecular weight is 238 g/mol. The van der Waals surface area contributed by atoms with Crippen molar-refractivity contribution in [3.05, 3.63) is 0 Å². The van der Waals surface area contributed by atoms with E-state index in [9.17, 15) is 4.79 Å². The van der Waals surface area contributed by atoms with Crippen LogP contribution < -0.4 is 5.32 Å². The van der Waals surface area contributed by atoms with Crippen molar-refractivity contribution in [2.24, 2.45) is 11.3 Å². The van der Waals surface area contributed by atoms with E-state index in [1.54, 1.807) is 0 Å². The van der Waals surface area contributed by atoms with Crippen molar-refractivity contribution in [1.82, 2.24) is 10.2 Å². The summed E-state index contributed by atoms with van der Waals surface area (Å²) in [5.41, 5.74) is -0.121. The van der Waals surface area contributed by atoms with Crippen LogP contribution in [-0.2, 0) is 4.79 Å². The number of rotatable bonds is 2. The lowest BCUT2D eigenvalue weighted by molar-refractivity contribution is -0.143. The van der Waals surface area contributed by atoms with Gasteiger partial charge in [0.05, 0.1) is 5.41 Å². The zero-order valence-corrected chi connectivity index (χ0v) is 11.3. The zero-order valence-electron chi connectivity index (χ0n) is 11.3. The molecule has 3 heteroatoms. The first-order valence-electron chi connectivity index (χ1n) is 7.17. The standard InChI is InChI=1S/C14H26N2O/c1-12(2)14(7-8-15-11-14)13(17)16-9-5-3-4-6-10-16/h12,15H,3-11H2,1-2H3. The molecular weight excluding hydrogens is 212 g/mol. The van der Waals surface area contributed by atoms with E-state index in [4.69, 9.17) is 0 Å². The van der Waals surface area contributed by atoms with E-state index in [2.05, 4.69) is 24.1 Å². The normalized spacial score (nSPS) is 30.6. The summed E-state index contributed by atoms with van der Waals surface area (Å²) in [6, 6.07) is 0. The number of carbonyl (C=O) groups excluding carboxylic acids is 1. The zero-order chi connectivity index (χ0) is 12.3. The monoisotopic (exact) mass is 238 g/mol. The van der Waals surface area contributed by atoms with Crippen molar-refractivity contribution in [3.8, 4) is 0 Å². The second-order valence-electron chi connectivity index (χ2n) is 5.94. The van der Waals surface area contributed by atoms with Crippen LogP contribution in [0.25, 0.3) is 0 Å². The number of nitrogens with one attached hydrogen (secondary N) is 1. The van der Waals surface area contributed by atoms with Crippen molar-refractivity contribution < 1.29 is 4.79 Å². The van der Waals surface area contributed by atoms with E-state index in [1.807, 2.05) is 0 Å². The first-order valence-corrected chi connectivity index (χ1v) is 7.17. The minimum absolute atomic E-state index is 0.121. The molecule has 3 nitrogen and oxygen atoms in total. The SMILES string of the molecule is CC(C)C1(C(=O)N2CCCCCC2)CCNC1. The van der Waals surface area contributed by atoms with E-state index in [0.717, 1.165) is 32.6 Å². The maximum absolute atomic E-state index is 12.8. The molecule has 2 aliphatic heterocycles. The lowest BCUT2D eigenvalue weighted by Gasteiger charge is -2.36. The first kappa shape index (κ1) is 12.9. The minimum Gasteiger partial charge on any atom is -0.342 e. The molecule has 2 aliphatic rings. The highest BCUT2D eigenvalue weighted by Crippen LogP contribution is 2.36. The number of hydrogen-bond donors (Lipinski definition) is 1. The summed E-state index contributed by atoms with van der Waals surface area (Å²) in [7, 11) is 0. The summed E-state index contributed by atoms with van der Waals surface area (Å²) in [6.45, 7) is 8.23. The molecule has 0 aromatic heterocycles. The van der Waals surface area contributed by atoms with Gasteiger partial charge in [-0.1, -0.05) is 26.7 Å². The fraction of sp³-hybridized carbons (Fsp3) is 0.929. The minimum atomic E-state index is -0.121. The molecule has 2 fully saturated rings. The van der Waals surface area contributed by atoms with Crippen LogP contribution in [-0.4, -0.2) is 37.0 Å². The Morgan fingerprint density at radius 1 is 1.18 bits per heavy atom. The Hall–Kier alpha value is -0.570. The fourth-order valence-electron chi connectivity index (χ4n) is 3.22. The quantitative estimate of drug-likeness (QED) is 0.798. The Morgan fingerprint density at radius 2 is 1.82 bits per heavy atom. The smallest absolute Gasteiger partial charge is 0.230 e. The molecular formula is C14H26N2O. The summed E-state index contributed by atoms with van der Waals surface area (Å²) >= 11 is 0. The Kier molecular flexibility index (Phi) is 4.08. The van der Waals surface area contributed by atoms with Gasteiger partial charge < -0.3 is 10.2 Å². The molecule has 1 N–H and O–H groups in total. The van der Waals surface area contributed by atoms with Gasteiger partial charge in [0.2, 0.25) is 5.91 Å².